The van der Waals surface area contributed by atoms with Gasteiger partial charge in [0.05, 0.1) is 6.20 Å². The van der Waals surface area contributed by atoms with E-state index in [2.05, 4.69) is 20.3 Å². The third kappa shape index (κ3) is 4.49. The number of hydrogen-bond acceptors (Lipinski definition) is 3. The monoisotopic (exact) mass is 299 g/mol. The zero-order chi connectivity index (χ0) is 15.5. The molecular weight excluding hydrogens is 283 g/mol. The van der Waals surface area contributed by atoms with Crippen LogP contribution >= 0.6 is 0 Å². The van der Waals surface area contributed by atoms with Crippen LogP contribution in [0.3, 0.4) is 0 Å². The lowest BCUT2D eigenvalue weighted by Gasteiger charge is -2.15. The van der Waals surface area contributed by atoms with E-state index in [4.69, 9.17) is 0 Å². The topological polar surface area (TPSA) is 49.9 Å². The minimum Gasteiger partial charge on any atom is -0.406 e. The quantitative estimate of drug-likeness (QED) is 0.889. The summed E-state index contributed by atoms with van der Waals surface area (Å²) in [6, 6.07) is 5.84. The van der Waals surface area contributed by atoms with Crippen LogP contribution in [0.25, 0.3) is 0 Å². The molecule has 1 heterocycles. The molecule has 0 amide bonds. The van der Waals surface area contributed by atoms with Crippen molar-refractivity contribution in [3.63, 3.8) is 0 Å². The van der Waals surface area contributed by atoms with Crippen LogP contribution in [0, 0.1) is 6.92 Å². The van der Waals surface area contributed by atoms with Crippen LogP contribution in [0.2, 0.25) is 0 Å². The molecule has 7 heteroatoms. The van der Waals surface area contributed by atoms with E-state index in [1.54, 1.807) is 18.3 Å². The predicted octanol–water partition coefficient (Wildman–Crippen LogP) is 3.47. The summed E-state index contributed by atoms with van der Waals surface area (Å²) in [5.41, 5.74) is 2.92. The van der Waals surface area contributed by atoms with Crippen LogP contribution in [0.15, 0.2) is 30.5 Å². The standard InChI is InChI=1S/C14H16F3N3O/c1-9(18-7-12-8-19-20-10(12)2)11-3-5-13(6-4-11)21-14(15,16)17/h3-6,8-9,18H,7H2,1-2H3,(H,19,20)/t9-/m1/s1. The maximum absolute atomic E-state index is 12.1. The summed E-state index contributed by atoms with van der Waals surface area (Å²) in [6.07, 6.45) is -2.92. The van der Waals surface area contributed by atoms with Crippen molar-refractivity contribution in [3.05, 3.63) is 47.3 Å². The molecule has 0 aliphatic carbocycles. The zero-order valence-electron chi connectivity index (χ0n) is 11.7. The van der Waals surface area contributed by atoms with Gasteiger partial charge in [-0.05, 0) is 31.5 Å². The number of benzene rings is 1. The molecule has 4 nitrogen and oxygen atoms in total. The van der Waals surface area contributed by atoms with Crippen molar-refractivity contribution in [3.8, 4) is 5.75 Å². The Labute approximate surface area is 120 Å². The minimum atomic E-state index is -4.66. The van der Waals surface area contributed by atoms with E-state index in [-0.39, 0.29) is 11.8 Å². The first-order chi connectivity index (χ1) is 9.85. The number of nitrogens with zero attached hydrogens (tertiary/aromatic N) is 1. The first-order valence-corrected chi connectivity index (χ1v) is 6.43. The second-order valence-corrected chi connectivity index (χ2v) is 4.74. The number of halogens is 3. The average Bonchev–Trinajstić information content (AvgIpc) is 2.80. The van der Waals surface area contributed by atoms with Gasteiger partial charge in [-0.2, -0.15) is 5.10 Å². The molecule has 0 spiro atoms. The van der Waals surface area contributed by atoms with Crippen LogP contribution in [0.5, 0.6) is 5.75 Å². The normalized spacial score (nSPS) is 13.2. The highest BCUT2D eigenvalue weighted by molar-refractivity contribution is 5.29. The van der Waals surface area contributed by atoms with Gasteiger partial charge in [0, 0.05) is 23.8 Å². The van der Waals surface area contributed by atoms with Gasteiger partial charge in [0.1, 0.15) is 5.75 Å². The molecule has 0 aliphatic rings. The Balaban J connectivity index is 1.93. The molecule has 1 aromatic carbocycles. The lowest BCUT2D eigenvalue weighted by atomic mass is 10.1. The van der Waals surface area contributed by atoms with Gasteiger partial charge in [-0.15, -0.1) is 13.2 Å². The molecule has 2 N–H and O–H groups in total. The Kier molecular flexibility index (Phi) is 4.52. The first-order valence-electron chi connectivity index (χ1n) is 6.43. The molecule has 0 bridgehead atoms. The highest BCUT2D eigenvalue weighted by atomic mass is 19.4. The Morgan fingerprint density at radius 3 is 2.48 bits per heavy atom. The number of H-pyrrole nitrogens is 1. The molecule has 0 aliphatic heterocycles. The SMILES string of the molecule is Cc1[nH]ncc1CN[C@H](C)c1ccc(OC(F)(F)F)cc1. The van der Waals surface area contributed by atoms with E-state index in [1.165, 1.54) is 12.1 Å². The molecule has 2 aromatic rings. The molecule has 2 rings (SSSR count). The number of hydrogen-bond donors (Lipinski definition) is 2. The second-order valence-electron chi connectivity index (χ2n) is 4.74. The van der Waals surface area contributed by atoms with Gasteiger partial charge in [0.2, 0.25) is 0 Å². The number of aryl methyl sites for hydroxylation is 1. The highest BCUT2D eigenvalue weighted by Crippen LogP contribution is 2.24. The van der Waals surface area contributed by atoms with Crippen LogP contribution in [0.1, 0.15) is 29.8 Å². The fourth-order valence-electron chi connectivity index (χ4n) is 1.89. The molecule has 0 radical (unpaired) electrons. The van der Waals surface area contributed by atoms with E-state index in [0.29, 0.717) is 6.54 Å². The Hall–Kier alpha value is -2.02. The number of rotatable bonds is 5. The van der Waals surface area contributed by atoms with Gasteiger partial charge in [-0.3, -0.25) is 5.10 Å². The molecule has 21 heavy (non-hydrogen) atoms. The van der Waals surface area contributed by atoms with Crippen molar-refractivity contribution in [1.82, 2.24) is 15.5 Å². The molecule has 0 saturated carbocycles. The summed E-state index contributed by atoms with van der Waals surface area (Å²) >= 11 is 0. The molecule has 1 aromatic heterocycles. The zero-order valence-corrected chi connectivity index (χ0v) is 11.7. The molecule has 0 fully saturated rings. The van der Waals surface area contributed by atoms with Crippen LogP contribution in [-0.4, -0.2) is 16.6 Å². The molecule has 0 unspecified atom stereocenters. The lowest BCUT2D eigenvalue weighted by Crippen LogP contribution is -2.19. The Bertz CT molecular complexity index is 578. The van der Waals surface area contributed by atoms with Gasteiger partial charge in [-0.25, -0.2) is 0 Å². The summed E-state index contributed by atoms with van der Waals surface area (Å²) in [7, 11) is 0. The van der Waals surface area contributed by atoms with Crippen molar-refractivity contribution in [2.45, 2.75) is 32.8 Å². The fraction of sp³-hybridized carbons (Fsp3) is 0.357. The fourth-order valence-corrected chi connectivity index (χ4v) is 1.89. The molecule has 114 valence electrons. The van der Waals surface area contributed by atoms with Gasteiger partial charge >= 0.3 is 6.36 Å². The van der Waals surface area contributed by atoms with Crippen molar-refractivity contribution in [2.24, 2.45) is 0 Å². The van der Waals surface area contributed by atoms with E-state index in [0.717, 1.165) is 16.8 Å². The Morgan fingerprint density at radius 2 is 1.95 bits per heavy atom. The minimum absolute atomic E-state index is 0.000707. The van der Waals surface area contributed by atoms with Crippen molar-refractivity contribution >= 4 is 0 Å². The summed E-state index contributed by atoms with van der Waals surface area (Å²) in [4.78, 5) is 0. The molecular formula is C14H16F3N3O. The third-order valence-electron chi connectivity index (χ3n) is 3.15. The highest BCUT2D eigenvalue weighted by Gasteiger charge is 2.30. The number of aromatic amines is 1. The van der Waals surface area contributed by atoms with Crippen LogP contribution in [0.4, 0.5) is 13.2 Å². The number of ether oxygens (including phenoxy) is 1. The molecule has 1 atom stereocenters. The van der Waals surface area contributed by atoms with Gasteiger partial charge in [0.25, 0.3) is 0 Å². The van der Waals surface area contributed by atoms with Crippen LogP contribution < -0.4 is 10.1 Å². The lowest BCUT2D eigenvalue weighted by molar-refractivity contribution is -0.274. The van der Waals surface area contributed by atoms with Crippen molar-refractivity contribution in [1.29, 1.82) is 0 Å². The van der Waals surface area contributed by atoms with Gasteiger partial charge in [0.15, 0.2) is 0 Å². The van der Waals surface area contributed by atoms with Gasteiger partial charge in [-0.1, -0.05) is 12.1 Å². The maximum Gasteiger partial charge on any atom is 0.573 e. The molecule has 0 saturated heterocycles. The average molecular weight is 299 g/mol. The van der Waals surface area contributed by atoms with E-state index >= 15 is 0 Å². The van der Waals surface area contributed by atoms with E-state index in [1.807, 2.05) is 13.8 Å². The van der Waals surface area contributed by atoms with Crippen molar-refractivity contribution < 1.29 is 17.9 Å². The number of nitrogens with one attached hydrogen (secondary N) is 2. The number of aromatic nitrogens is 2. The Morgan fingerprint density at radius 1 is 1.29 bits per heavy atom. The predicted molar refractivity (Wildman–Crippen MR) is 71.7 cm³/mol. The smallest absolute Gasteiger partial charge is 0.406 e. The summed E-state index contributed by atoms with van der Waals surface area (Å²) in [6.45, 7) is 4.50. The summed E-state index contributed by atoms with van der Waals surface area (Å²) in [5.74, 6) is -0.218. The first kappa shape index (κ1) is 15.4. The number of alkyl halides is 3. The maximum atomic E-state index is 12.1. The largest absolute Gasteiger partial charge is 0.573 e. The van der Waals surface area contributed by atoms with E-state index < -0.39 is 6.36 Å². The van der Waals surface area contributed by atoms with Crippen molar-refractivity contribution in [2.75, 3.05) is 0 Å². The van der Waals surface area contributed by atoms with Crippen LogP contribution in [-0.2, 0) is 6.54 Å². The van der Waals surface area contributed by atoms with Gasteiger partial charge < -0.3 is 10.1 Å². The third-order valence-corrected chi connectivity index (χ3v) is 3.15. The summed E-state index contributed by atoms with van der Waals surface area (Å²) < 4.78 is 40.1. The van der Waals surface area contributed by atoms with E-state index in [9.17, 15) is 13.2 Å². The summed E-state index contributed by atoms with van der Waals surface area (Å²) in [5, 5.41) is 10.1. The second kappa shape index (κ2) is 6.17.